The fourth-order valence-electron chi connectivity index (χ4n) is 0.662. The zero-order valence-corrected chi connectivity index (χ0v) is 7.18. The third-order valence-electron chi connectivity index (χ3n) is 1.18. The predicted molar refractivity (Wildman–Crippen MR) is 45.1 cm³/mol. The summed E-state index contributed by atoms with van der Waals surface area (Å²) in [6.07, 6.45) is 4.93. The van der Waals surface area contributed by atoms with Crippen molar-refractivity contribution in [2.24, 2.45) is 0 Å². The second-order valence-corrected chi connectivity index (χ2v) is 2.34. The van der Waals surface area contributed by atoms with E-state index in [9.17, 15) is 9.59 Å². The molecule has 12 heavy (non-hydrogen) atoms. The highest BCUT2D eigenvalue weighted by atomic mass is 16.2. The van der Waals surface area contributed by atoms with Crippen molar-refractivity contribution in [1.29, 1.82) is 0 Å². The largest absolute Gasteiger partial charge is 0.345 e. The number of carbonyl (C=O) groups excluding carboxylic acids is 2. The summed E-state index contributed by atoms with van der Waals surface area (Å²) in [4.78, 5) is 21.5. The second-order valence-electron chi connectivity index (χ2n) is 2.34. The van der Waals surface area contributed by atoms with E-state index in [1.165, 1.54) is 6.92 Å². The molecule has 0 saturated carbocycles. The lowest BCUT2D eigenvalue weighted by atomic mass is 10.3. The summed E-state index contributed by atoms with van der Waals surface area (Å²) in [7, 11) is 0. The summed E-state index contributed by atoms with van der Waals surface area (Å²) in [6.45, 7) is 3.13. The lowest BCUT2D eigenvalue weighted by molar-refractivity contribution is -0.127. The molecule has 0 aromatic rings. The van der Waals surface area contributed by atoms with Crippen LogP contribution >= 0.6 is 0 Å². The Bertz CT molecular complexity index is 218. The van der Waals surface area contributed by atoms with Gasteiger partial charge in [-0.05, 0) is 6.92 Å². The van der Waals surface area contributed by atoms with Crippen molar-refractivity contribution in [3.05, 3.63) is 0 Å². The molecule has 4 heteroatoms. The molecule has 0 aromatic heterocycles. The lowest BCUT2D eigenvalue weighted by Crippen LogP contribution is -2.44. The Morgan fingerprint density at radius 3 is 2.58 bits per heavy atom. The molecule has 0 bridgehead atoms. The molecule has 0 spiro atoms. The van der Waals surface area contributed by atoms with Gasteiger partial charge in [0, 0.05) is 6.92 Å². The zero-order chi connectivity index (χ0) is 9.56. The summed E-state index contributed by atoms with van der Waals surface area (Å²) < 4.78 is 0. The Labute approximate surface area is 71.7 Å². The van der Waals surface area contributed by atoms with Crippen LogP contribution in [0.3, 0.4) is 0 Å². The maximum atomic E-state index is 11.0. The van der Waals surface area contributed by atoms with Crippen molar-refractivity contribution >= 4 is 11.8 Å². The first-order chi connectivity index (χ1) is 5.57. The van der Waals surface area contributed by atoms with Crippen molar-refractivity contribution in [2.45, 2.75) is 19.9 Å². The highest BCUT2D eigenvalue weighted by Gasteiger charge is 2.11. The van der Waals surface area contributed by atoms with Crippen LogP contribution in [-0.4, -0.2) is 24.4 Å². The molecule has 0 heterocycles. The highest BCUT2D eigenvalue weighted by Crippen LogP contribution is 1.80. The van der Waals surface area contributed by atoms with Crippen molar-refractivity contribution < 1.29 is 9.59 Å². The Balaban J connectivity index is 3.78. The van der Waals surface area contributed by atoms with Gasteiger partial charge < -0.3 is 10.6 Å². The molecule has 4 nitrogen and oxygen atoms in total. The van der Waals surface area contributed by atoms with Gasteiger partial charge in [0.1, 0.15) is 6.04 Å². The first-order valence-electron chi connectivity index (χ1n) is 3.56. The summed E-state index contributed by atoms with van der Waals surface area (Å²) in [5.41, 5.74) is 0. The molecule has 0 aromatic carbocycles. The zero-order valence-electron chi connectivity index (χ0n) is 7.18. The van der Waals surface area contributed by atoms with E-state index in [-0.39, 0.29) is 18.4 Å². The normalized spacial score (nSPS) is 11.1. The van der Waals surface area contributed by atoms with Gasteiger partial charge in [0.25, 0.3) is 0 Å². The average molecular weight is 168 g/mol. The van der Waals surface area contributed by atoms with Crippen LogP contribution in [0.25, 0.3) is 0 Å². The molecule has 0 aliphatic heterocycles. The van der Waals surface area contributed by atoms with Gasteiger partial charge in [-0.2, -0.15) is 0 Å². The van der Waals surface area contributed by atoms with Gasteiger partial charge in [0.15, 0.2) is 0 Å². The minimum atomic E-state index is -0.532. The molecule has 0 radical (unpaired) electrons. The maximum absolute atomic E-state index is 11.0. The van der Waals surface area contributed by atoms with Crippen LogP contribution in [0.15, 0.2) is 0 Å². The first-order valence-corrected chi connectivity index (χ1v) is 3.56. The molecule has 1 atom stereocenters. The van der Waals surface area contributed by atoms with Crippen molar-refractivity contribution in [3.63, 3.8) is 0 Å². The average Bonchev–Trinajstić information content (AvgIpc) is 1.98. The number of nitrogens with one attached hydrogen (secondary N) is 2. The van der Waals surface area contributed by atoms with E-state index in [0.717, 1.165) is 0 Å². The van der Waals surface area contributed by atoms with Crippen LogP contribution < -0.4 is 10.6 Å². The fourth-order valence-corrected chi connectivity index (χ4v) is 0.662. The van der Waals surface area contributed by atoms with Crippen molar-refractivity contribution in [2.75, 3.05) is 6.54 Å². The van der Waals surface area contributed by atoms with Gasteiger partial charge >= 0.3 is 0 Å². The molecular weight excluding hydrogens is 156 g/mol. The van der Waals surface area contributed by atoms with E-state index < -0.39 is 6.04 Å². The molecule has 0 rings (SSSR count). The smallest absolute Gasteiger partial charge is 0.243 e. The monoisotopic (exact) mass is 168 g/mol. The molecule has 0 fully saturated rings. The van der Waals surface area contributed by atoms with Gasteiger partial charge in [-0.25, -0.2) is 0 Å². The Hall–Kier alpha value is -1.50. The summed E-state index contributed by atoms with van der Waals surface area (Å²) in [6, 6.07) is -0.532. The number of amides is 2. The summed E-state index contributed by atoms with van der Waals surface area (Å²) in [5.74, 6) is 1.75. The van der Waals surface area contributed by atoms with Crippen LogP contribution in [0, 0.1) is 12.3 Å². The van der Waals surface area contributed by atoms with Gasteiger partial charge in [0.05, 0.1) is 6.54 Å². The third-order valence-corrected chi connectivity index (χ3v) is 1.18. The number of rotatable bonds is 3. The van der Waals surface area contributed by atoms with E-state index in [4.69, 9.17) is 6.42 Å². The SMILES string of the molecule is C#CCNC(=O)C(C)NC(C)=O. The van der Waals surface area contributed by atoms with Crippen molar-refractivity contribution in [1.82, 2.24) is 10.6 Å². The van der Waals surface area contributed by atoms with Crippen LogP contribution in [0.2, 0.25) is 0 Å². The molecule has 2 amide bonds. The lowest BCUT2D eigenvalue weighted by Gasteiger charge is -2.10. The minimum absolute atomic E-state index is 0.183. The quantitative estimate of drug-likeness (QED) is 0.545. The first kappa shape index (κ1) is 10.5. The molecule has 0 saturated heterocycles. The van der Waals surface area contributed by atoms with E-state index >= 15 is 0 Å². The van der Waals surface area contributed by atoms with Gasteiger partial charge in [-0.3, -0.25) is 9.59 Å². The standard InChI is InChI=1S/C8H12N2O2/c1-4-5-9-8(12)6(2)10-7(3)11/h1,6H,5H2,2-3H3,(H,9,12)(H,10,11). The van der Waals surface area contributed by atoms with E-state index in [1.54, 1.807) is 6.92 Å². The Morgan fingerprint density at radius 1 is 1.58 bits per heavy atom. The van der Waals surface area contributed by atoms with Gasteiger partial charge in [-0.15, -0.1) is 6.42 Å². The molecule has 2 N–H and O–H groups in total. The third kappa shape index (κ3) is 4.34. The Morgan fingerprint density at radius 2 is 2.17 bits per heavy atom. The van der Waals surface area contributed by atoms with E-state index in [0.29, 0.717) is 0 Å². The van der Waals surface area contributed by atoms with E-state index in [2.05, 4.69) is 16.6 Å². The van der Waals surface area contributed by atoms with E-state index in [1.807, 2.05) is 0 Å². The van der Waals surface area contributed by atoms with Crippen molar-refractivity contribution in [3.8, 4) is 12.3 Å². The number of hydrogen-bond acceptors (Lipinski definition) is 2. The second kappa shape index (κ2) is 5.19. The predicted octanol–water partition coefficient (Wildman–Crippen LogP) is -0.740. The maximum Gasteiger partial charge on any atom is 0.243 e. The minimum Gasteiger partial charge on any atom is -0.345 e. The van der Waals surface area contributed by atoms with Crippen LogP contribution in [0.1, 0.15) is 13.8 Å². The van der Waals surface area contributed by atoms with Crippen LogP contribution in [0.4, 0.5) is 0 Å². The van der Waals surface area contributed by atoms with Crippen LogP contribution in [-0.2, 0) is 9.59 Å². The van der Waals surface area contributed by atoms with Gasteiger partial charge in [-0.1, -0.05) is 5.92 Å². The highest BCUT2D eigenvalue weighted by molar-refractivity contribution is 5.86. The molecule has 0 aliphatic carbocycles. The summed E-state index contributed by atoms with van der Waals surface area (Å²) in [5, 5.41) is 4.88. The Kier molecular flexibility index (Phi) is 4.54. The molecule has 66 valence electrons. The number of carbonyl (C=O) groups is 2. The fraction of sp³-hybridized carbons (Fsp3) is 0.500. The molecular formula is C8H12N2O2. The summed E-state index contributed by atoms with van der Waals surface area (Å²) >= 11 is 0. The topological polar surface area (TPSA) is 58.2 Å². The van der Waals surface area contributed by atoms with Crippen LogP contribution in [0.5, 0.6) is 0 Å². The van der Waals surface area contributed by atoms with Gasteiger partial charge in [0.2, 0.25) is 11.8 Å². The number of hydrogen-bond donors (Lipinski definition) is 2. The molecule has 0 aliphatic rings. The molecule has 1 unspecified atom stereocenters. The number of terminal acetylenes is 1.